The minimum absolute atomic E-state index is 0.0551. The Hall–Kier alpha value is -3.37. The molecule has 0 bridgehead atoms. The molecular formula is C30H34F3N5O2. The molecule has 40 heavy (non-hydrogen) atoms. The normalized spacial score (nSPS) is 17.9. The van der Waals surface area contributed by atoms with Crippen molar-refractivity contribution in [2.45, 2.75) is 43.8 Å². The second kappa shape index (κ2) is 10.2. The van der Waals surface area contributed by atoms with E-state index in [-0.39, 0.29) is 17.2 Å². The predicted octanol–water partition coefficient (Wildman–Crippen LogP) is 5.30. The number of nitrogens with zero attached hydrogens (tertiary/aromatic N) is 5. The Kier molecular flexibility index (Phi) is 6.86. The lowest BCUT2D eigenvalue weighted by Crippen LogP contribution is -2.42. The van der Waals surface area contributed by atoms with Gasteiger partial charge in [-0.15, -0.1) is 0 Å². The van der Waals surface area contributed by atoms with Crippen LogP contribution in [0.4, 0.5) is 18.9 Å². The number of benzene rings is 2. The van der Waals surface area contributed by atoms with E-state index < -0.39 is 11.7 Å². The Morgan fingerprint density at radius 1 is 0.975 bits per heavy atom. The topological polar surface area (TPSA) is 55.0 Å². The van der Waals surface area contributed by atoms with E-state index in [0.29, 0.717) is 49.0 Å². The van der Waals surface area contributed by atoms with E-state index in [2.05, 4.69) is 9.88 Å². The van der Waals surface area contributed by atoms with Crippen molar-refractivity contribution in [3.63, 3.8) is 0 Å². The molecule has 0 unspecified atom stereocenters. The van der Waals surface area contributed by atoms with Gasteiger partial charge in [-0.3, -0.25) is 4.79 Å². The lowest BCUT2D eigenvalue weighted by molar-refractivity contribution is -0.137. The summed E-state index contributed by atoms with van der Waals surface area (Å²) in [6.07, 6.45) is 0.300. The lowest BCUT2D eigenvalue weighted by Gasteiger charge is -2.37. The number of hydrogen-bond acceptors (Lipinski definition) is 5. The third kappa shape index (κ3) is 4.66. The summed E-state index contributed by atoms with van der Waals surface area (Å²) >= 11 is 0. The first kappa shape index (κ1) is 26.8. The second-order valence-electron chi connectivity index (χ2n) is 11.2. The van der Waals surface area contributed by atoms with Crippen LogP contribution in [0.25, 0.3) is 27.5 Å². The van der Waals surface area contributed by atoms with E-state index in [1.54, 1.807) is 40.8 Å². The van der Waals surface area contributed by atoms with Gasteiger partial charge in [-0.2, -0.15) is 13.2 Å². The highest BCUT2D eigenvalue weighted by Crippen LogP contribution is 2.41. The van der Waals surface area contributed by atoms with Crippen LogP contribution in [0.1, 0.15) is 42.7 Å². The number of piperidine rings is 1. The zero-order chi connectivity index (χ0) is 28.2. The van der Waals surface area contributed by atoms with Crippen LogP contribution in [-0.4, -0.2) is 65.5 Å². The fourth-order valence-electron chi connectivity index (χ4n) is 6.38. The molecular weight excluding hydrogens is 519 g/mol. The molecule has 0 atom stereocenters. The fraction of sp³-hybridized carbons (Fsp3) is 0.467. The molecule has 0 amide bonds. The highest BCUT2D eigenvalue weighted by Gasteiger charge is 2.36. The van der Waals surface area contributed by atoms with Crippen LogP contribution in [0.5, 0.6) is 0 Å². The number of ether oxygens (including phenoxy) is 1. The van der Waals surface area contributed by atoms with Gasteiger partial charge in [0, 0.05) is 56.0 Å². The monoisotopic (exact) mass is 553 g/mol. The summed E-state index contributed by atoms with van der Waals surface area (Å²) in [5.74, 6) is 0.0551. The Morgan fingerprint density at radius 3 is 2.33 bits per heavy atom. The molecule has 7 nitrogen and oxygen atoms in total. The average Bonchev–Trinajstić information content (AvgIpc) is 3.22. The number of fused-ring (bicyclic) bond motifs is 3. The molecule has 2 aliphatic heterocycles. The van der Waals surface area contributed by atoms with Crippen LogP contribution in [0, 0.1) is 0 Å². The molecule has 0 spiro atoms. The standard InChI is InChI=1S/C30H34F3N5O2/c1-35(2)22-8-12-37(13-9-22)26-7-5-21(17-24(26)30(31,32)33)20-4-6-25-23(16-20)28-27(19-10-14-40-15-11-19)29(39)36(3)38(28)18-34-25/h4-7,16-19,22H,8-15H2,1-3H3. The Bertz CT molecular complexity index is 1610. The second-order valence-corrected chi connectivity index (χ2v) is 11.2. The van der Waals surface area contributed by atoms with Gasteiger partial charge < -0.3 is 14.5 Å². The minimum Gasteiger partial charge on any atom is -0.381 e. The van der Waals surface area contributed by atoms with Gasteiger partial charge in [0.25, 0.3) is 5.56 Å². The smallest absolute Gasteiger partial charge is 0.381 e. The number of aryl methyl sites for hydroxylation is 1. The van der Waals surface area contributed by atoms with E-state index in [1.165, 1.54) is 6.07 Å². The van der Waals surface area contributed by atoms with Crippen LogP contribution in [0.15, 0.2) is 47.5 Å². The van der Waals surface area contributed by atoms with Crippen molar-refractivity contribution < 1.29 is 17.9 Å². The van der Waals surface area contributed by atoms with Crippen LogP contribution < -0.4 is 10.5 Å². The van der Waals surface area contributed by atoms with Crippen molar-refractivity contribution in [2.75, 3.05) is 45.3 Å². The van der Waals surface area contributed by atoms with Crippen LogP contribution >= 0.6 is 0 Å². The van der Waals surface area contributed by atoms with Crippen LogP contribution in [-0.2, 0) is 18.0 Å². The summed E-state index contributed by atoms with van der Waals surface area (Å²) in [5.41, 5.74) is 2.85. The predicted molar refractivity (Wildman–Crippen MR) is 150 cm³/mol. The molecule has 10 heteroatoms. The van der Waals surface area contributed by atoms with Crippen LogP contribution in [0.2, 0.25) is 0 Å². The summed E-state index contributed by atoms with van der Waals surface area (Å²) in [6, 6.07) is 10.5. The summed E-state index contributed by atoms with van der Waals surface area (Å²) in [7, 11) is 5.74. The van der Waals surface area contributed by atoms with Gasteiger partial charge in [-0.1, -0.05) is 12.1 Å². The first-order valence-electron chi connectivity index (χ1n) is 13.8. The maximum absolute atomic E-state index is 14.4. The zero-order valence-corrected chi connectivity index (χ0v) is 23.0. The van der Waals surface area contributed by atoms with Crippen molar-refractivity contribution in [1.29, 1.82) is 0 Å². The minimum atomic E-state index is -4.49. The Morgan fingerprint density at radius 2 is 1.65 bits per heavy atom. The quantitative estimate of drug-likeness (QED) is 0.344. The van der Waals surface area contributed by atoms with Crippen molar-refractivity contribution in [1.82, 2.24) is 19.1 Å². The number of aromatic nitrogens is 3. The molecule has 2 fully saturated rings. The lowest BCUT2D eigenvalue weighted by atomic mass is 9.91. The molecule has 2 aromatic heterocycles. The van der Waals surface area contributed by atoms with Gasteiger partial charge >= 0.3 is 6.18 Å². The van der Waals surface area contributed by atoms with Crippen LogP contribution in [0.3, 0.4) is 0 Å². The summed E-state index contributed by atoms with van der Waals surface area (Å²) in [6.45, 7) is 2.36. The SMILES string of the molecule is CN(C)C1CCN(c2ccc(-c3ccc4ncn5c(c(C6CCOCC6)c(=O)n5C)c4c3)cc2C(F)(F)F)CC1. The average molecular weight is 554 g/mol. The number of rotatable bonds is 4. The van der Waals surface area contributed by atoms with Gasteiger partial charge in [0.15, 0.2) is 0 Å². The molecule has 0 radical (unpaired) electrons. The largest absolute Gasteiger partial charge is 0.418 e. The Labute approximate surface area is 230 Å². The summed E-state index contributed by atoms with van der Waals surface area (Å²) < 4.78 is 52.0. The molecule has 0 aliphatic carbocycles. The van der Waals surface area contributed by atoms with Crippen molar-refractivity contribution in [2.24, 2.45) is 7.05 Å². The maximum Gasteiger partial charge on any atom is 0.418 e. The molecule has 0 saturated carbocycles. The van der Waals surface area contributed by atoms with Gasteiger partial charge in [-0.25, -0.2) is 14.2 Å². The first-order chi connectivity index (χ1) is 19.1. The molecule has 4 aromatic rings. The number of anilines is 1. The van der Waals surface area contributed by atoms with Crippen molar-refractivity contribution in [3.8, 4) is 11.1 Å². The third-order valence-electron chi connectivity index (χ3n) is 8.69. The van der Waals surface area contributed by atoms with Crippen molar-refractivity contribution in [3.05, 3.63) is 64.2 Å². The number of alkyl halides is 3. The maximum atomic E-state index is 14.4. The fourth-order valence-corrected chi connectivity index (χ4v) is 6.38. The first-order valence-corrected chi connectivity index (χ1v) is 13.8. The van der Waals surface area contributed by atoms with E-state index in [0.717, 1.165) is 42.1 Å². The van der Waals surface area contributed by atoms with Gasteiger partial charge in [0.1, 0.15) is 6.33 Å². The summed E-state index contributed by atoms with van der Waals surface area (Å²) in [4.78, 5) is 21.9. The zero-order valence-electron chi connectivity index (χ0n) is 23.0. The molecule has 4 heterocycles. The number of hydrogen-bond donors (Lipinski definition) is 0. The third-order valence-corrected chi connectivity index (χ3v) is 8.69. The summed E-state index contributed by atoms with van der Waals surface area (Å²) in [5, 5.41) is 0.752. The van der Waals surface area contributed by atoms with Crippen molar-refractivity contribution >= 4 is 22.1 Å². The molecule has 2 saturated heterocycles. The molecule has 2 aliphatic rings. The molecule has 0 N–H and O–H groups in total. The number of halogens is 3. The highest BCUT2D eigenvalue weighted by molar-refractivity contribution is 5.98. The van der Waals surface area contributed by atoms with E-state index in [1.807, 2.05) is 31.1 Å². The van der Waals surface area contributed by atoms with E-state index >= 15 is 0 Å². The Balaban J connectivity index is 1.45. The van der Waals surface area contributed by atoms with E-state index in [4.69, 9.17) is 4.74 Å². The van der Waals surface area contributed by atoms with Gasteiger partial charge in [0.2, 0.25) is 0 Å². The van der Waals surface area contributed by atoms with E-state index in [9.17, 15) is 18.0 Å². The molecule has 6 rings (SSSR count). The van der Waals surface area contributed by atoms with Gasteiger partial charge in [0.05, 0.1) is 16.6 Å². The highest BCUT2D eigenvalue weighted by atomic mass is 19.4. The molecule has 2 aromatic carbocycles. The molecule has 212 valence electrons. The van der Waals surface area contributed by atoms with Gasteiger partial charge in [-0.05, 0) is 81.1 Å².